The minimum Gasteiger partial charge on any atom is -0.322 e. The number of sulfonamides is 1. The molecule has 0 saturated carbocycles. The van der Waals surface area contributed by atoms with E-state index in [1.165, 1.54) is 16.4 Å². The SMILES string of the molecule is CN(Cc1ccc(C(F)(F)F)cc1)C1CN(C(=O)N2CCN(S(C)(=O)=O)CC2)CC1c1ccc(Cl)c(Cl)c1. The first-order valence-corrected chi connectivity index (χ1v) is 14.6. The molecule has 0 N–H and O–H groups in total. The molecule has 0 aliphatic carbocycles. The summed E-state index contributed by atoms with van der Waals surface area (Å²) < 4.78 is 64.0. The van der Waals surface area contributed by atoms with Crippen molar-refractivity contribution in [3.63, 3.8) is 0 Å². The third kappa shape index (κ3) is 6.56. The lowest BCUT2D eigenvalue weighted by Crippen LogP contribution is -2.53. The zero-order valence-electron chi connectivity index (χ0n) is 21.0. The highest BCUT2D eigenvalue weighted by Gasteiger charge is 2.41. The predicted octanol–water partition coefficient (Wildman–Crippen LogP) is 4.61. The van der Waals surface area contributed by atoms with Gasteiger partial charge in [-0.05, 0) is 42.4 Å². The van der Waals surface area contributed by atoms with Crippen LogP contribution in [0.4, 0.5) is 18.0 Å². The van der Waals surface area contributed by atoms with Crippen LogP contribution in [-0.2, 0) is 22.7 Å². The molecule has 2 amide bonds. The molecule has 2 unspecified atom stereocenters. The summed E-state index contributed by atoms with van der Waals surface area (Å²) in [4.78, 5) is 18.9. The van der Waals surface area contributed by atoms with Gasteiger partial charge in [0.2, 0.25) is 10.0 Å². The average Bonchev–Trinajstić information content (AvgIpc) is 3.30. The van der Waals surface area contributed by atoms with E-state index in [2.05, 4.69) is 0 Å². The Balaban J connectivity index is 1.52. The molecule has 0 aromatic heterocycles. The Morgan fingerprint density at radius 2 is 1.61 bits per heavy atom. The quantitative estimate of drug-likeness (QED) is 0.509. The molecule has 2 saturated heterocycles. The fourth-order valence-corrected chi connectivity index (χ4v) is 6.21. The van der Waals surface area contributed by atoms with Crippen molar-refractivity contribution in [2.45, 2.75) is 24.7 Å². The summed E-state index contributed by atoms with van der Waals surface area (Å²) >= 11 is 12.4. The van der Waals surface area contributed by atoms with Crippen molar-refractivity contribution in [1.82, 2.24) is 19.0 Å². The van der Waals surface area contributed by atoms with Crippen LogP contribution in [0.2, 0.25) is 10.0 Å². The van der Waals surface area contributed by atoms with E-state index in [1.54, 1.807) is 21.9 Å². The second kappa shape index (κ2) is 11.2. The third-order valence-electron chi connectivity index (χ3n) is 7.19. The Morgan fingerprint density at radius 3 is 2.16 bits per heavy atom. The number of likely N-dealkylation sites (N-methyl/N-ethyl adjacent to an activating group) is 1. The first kappa shape index (κ1) is 28.9. The monoisotopic (exact) mass is 592 g/mol. The molecule has 38 heavy (non-hydrogen) atoms. The number of hydrogen-bond donors (Lipinski definition) is 0. The molecule has 2 aromatic carbocycles. The van der Waals surface area contributed by atoms with Crippen LogP contribution in [-0.4, -0.2) is 92.1 Å². The number of carbonyl (C=O) groups is 1. The van der Waals surface area contributed by atoms with E-state index >= 15 is 0 Å². The smallest absolute Gasteiger partial charge is 0.322 e. The van der Waals surface area contributed by atoms with Crippen molar-refractivity contribution in [1.29, 1.82) is 0 Å². The highest BCUT2D eigenvalue weighted by molar-refractivity contribution is 7.88. The maximum absolute atomic E-state index is 13.4. The van der Waals surface area contributed by atoms with Crippen molar-refractivity contribution < 1.29 is 26.4 Å². The number of halogens is 5. The highest BCUT2D eigenvalue weighted by atomic mass is 35.5. The number of alkyl halides is 3. The van der Waals surface area contributed by atoms with Gasteiger partial charge in [0.15, 0.2) is 0 Å². The molecule has 0 radical (unpaired) electrons. The Kier molecular flexibility index (Phi) is 8.54. The van der Waals surface area contributed by atoms with Gasteiger partial charge in [-0.3, -0.25) is 4.90 Å². The molecule has 208 valence electrons. The first-order chi connectivity index (χ1) is 17.7. The predicted molar refractivity (Wildman–Crippen MR) is 141 cm³/mol. The van der Waals surface area contributed by atoms with E-state index < -0.39 is 21.8 Å². The summed E-state index contributed by atoms with van der Waals surface area (Å²) in [6, 6.07) is 10.1. The Bertz CT molecular complexity index is 1270. The number of nitrogens with zero attached hydrogens (tertiary/aromatic N) is 4. The first-order valence-electron chi connectivity index (χ1n) is 12.0. The third-order valence-corrected chi connectivity index (χ3v) is 9.23. The van der Waals surface area contributed by atoms with Gasteiger partial charge < -0.3 is 9.80 Å². The van der Waals surface area contributed by atoms with Crippen molar-refractivity contribution in [2.75, 3.05) is 52.6 Å². The lowest BCUT2D eigenvalue weighted by atomic mass is 9.93. The van der Waals surface area contributed by atoms with E-state index in [4.69, 9.17) is 23.2 Å². The summed E-state index contributed by atoms with van der Waals surface area (Å²) in [5.41, 5.74) is 0.919. The van der Waals surface area contributed by atoms with E-state index in [-0.39, 0.29) is 31.1 Å². The molecule has 2 aromatic rings. The van der Waals surface area contributed by atoms with E-state index in [0.29, 0.717) is 42.8 Å². The number of rotatable bonds is 5. The lowest BCUT2D eigenvalue weighted by Gasteiger charge is -2.35. The Labute approximate surface area is 230 Å². The number of likely N-dealkylation sites (tertiary alicyclic amines) is 1. The Hall–Kier alpha value is -2.05. The van der Waals surface area contributed by atoms with Gasteiger partial charge >= 0.3 is 12.2 Å². The van der Waals surface area contributed by atoms with Crippen molar-refractivity contribution in [3.05, 3.63) is 69.2 Å². The molecule has 13 heteroatoms. The zero-order valence-corrected chi connectivity index (χ0v) is 23.3. The van der Waals surface area contributed by atoms with Gasteiger partial charge in [0.25, 0.3) is 0 Å². The molecule has 2 aliphatic heterocycles. The van der Waals surface area contributed by atoms with Crippen LogP contribution in [0, 0.1) is 0 Å². The molecular weight excluding hydrogens is 564 g/mol. The molecule has 0 spiro atoms. The van der Waals surface area contributed by atoms with E-state index in [9.17, 15) is 26.4 Å². The second-order valence-corrected chi connectivity index (χ2v) is 12.6. The minimum absolute atomic E-state index is 0.120. The maximum Gasteiger partial charge on any atom is 0.416 e. The number of piperazine rings is 1. The summed E-state index contributed by atoms with van der Waals surface area (Å²) in [5.74, 6) is -0.120. The van der Waals surface area contributed by atoms with Gasteiger partial charge in [0.1, 0.15) is 0 Å². The molecule has 2 heterocycles. The van der Waals surface area contributed by atoms with E-state index in [1.807, 2.05) is 18.0 Å². The van der Waals surface area contributed by atoms with Crippen LogP contribution >= 0.6 is 23.2 Å². The lowest BCUT2D eigenvalue weighted by molar-refractivity contribution is -0.137. The summed E-state index contributed by atoms with van der Waals surface area (Å²) in [6.45, 7) is 2.27. The summed E-state index contributed by atoms with van der Waals surface area (Å²) in [7, 11) is -1.44. The molecule has 4 rings (SSSR count). The number of amides is 2. The number of carbonyl (C=O) groups excluding carboxylic acids is 1. The van der Waals surface area contributed by atoms with Crippen LogP contribution in [0.5, 0.6) is 0 Å². The Morgan fingerprint density at radius 1 is 0.974 bits per heavy atom. The fraction of sp³-hybridized carbons (Fsp3) is 0.480. The largest absolute Gasteiger partial charge is 0.416 e. The second-order valence-electron chi connectivity index (χ2n) is 9.79. The molecule has 7 nitrogen and oxygen atoms in total. The van der Waals surface area contributed by atoms with Crippen LogP contribution in [0.3, 0.4) is 0 Å². The van der Waals surface area contributed by atoms with Gasteiger partial charge in [-0.2, -0.15) is 17.5 Å². The zero-order chi connectivity index (χ0) is 27.8. The van der Waals surface area contributed by atoms with Gasteiger partial charge in [-0.1, -0.05) is 41.4 Å². The van der Waals surface area contributed by atoms with Crippen molar-refractivity contribution in [3.8, 4) is 0 Å². The van der Waals surface area contributed by atoms with Crippen LogP contribution in [0.25, 0.3) is 0 Å². The molecule has 2 fully saturated rings. The van der Waals surface area contributed by atoms with Gasteiger partial charge in [0.05, 0.1) is 21.9 Å². The van der Waals surface area contributed by atoms with Crippen LogP contribution < -0.4 is 0 Å². The number of benzene rings is 2. The van der Waals surface area contributed by atoms with Crippen LogP contribution in [0.15, 0.2) is 42.5 Å². The molecule has 2 atom stereocenters. The van der Waals surface area contributed by atoms with Gasteiger partial charge in [0, 0.05) is 57.8 Å². The molecule has 0 bridgehead atoms. The topological polar surface area (TPSA) is 64.2 Å². The normalized spacial score (nSPS) is 21.4. The van der Waals surface area contributed by atoms with Gasteiger partial charge in [-0.15, -0.1) is 0 Å². The highest BCUT2D eigenvalue weighted by Crippen LogP contribution is 2.35. The summed E-state index contributed by atoms with van der Waals surface area (Å²) in [5, 5.41) is 0.815. The van der Waals surface area contributed by atoms with Crippen molar-refractivity contribution in [2.24, 2.45) is 0 Å². The number of hydrogen-bond acceptors (Lipinski definition) is 4. The molecule has 2 aliphatic rings. The molecular formula is C25H29Cl2F3N4O3S. The van der Waals surface area contributed by atoms with Crippen LogP contribution in [0.1, 0.15) is 22.6 Å². The van der Waals surface area contributed by atoms with Crippen molar-refractivity contribution >= 4 is 39.3 Å². The summed E-state index contributed by atoms with van der Waals surface area (Å²) in [6.07, 6.45) is -3.24. The average molecular weight is 593 g/mol. The van der Waals surface area contributed by atoms with E-state index in [0.717, 1.165) is 29.5 Å². The minimum atomic E-state index is -4.40. The fourth-order valence-electron chi connectivity index (χ4n) is 5.08. The van der Waals surface area contributed by atoms with Gasteiger partial charge in [-0.25, -0.2) is 13.2 Å². The number of urea groups is 1. The standard InChI is InChI=1S/C25H29Cl2F3N4O3S/c1-31(14-17-3-6-19(7-4-17)25(28,29)30)23-16-33(15-20(23)18-5-8-21(26)22(27)13-18)24(35)32-9-11-34(12-10-32)38(2,36)37/h3-8,13,20,23H,9-12,14-16H2,1-2H3. The maximum atomic E-state index is 13.4.